The maximum Gasteiger partial charge on any atom is 0.190 e. The van der Waals surface area contributed by atoms with Crippen LogP contribution in [0.2, 0.25) is 0 Å². The molecule has 4 aliphatic rings. The van der Waals surface area contributed by atoms with E-state index in [2.05, 4.69) is 6.92 Å². The van der Waals surface area contributed by atoms with Crippen LogP contribution in [0.4, 0.5) is 0 Å². The Labute approximate surface area is 153 Å². The molecule has 0 heterocycles. The van der Waals surface area contributed by atoms with E-state index in [1.54, 1.807) is 12.2 Å². The predicted octanol–water partition coefficient (Wildman–Crippen LogP) is 1.56. The number of Topliss-reactive ketones (excluding diaryl/α,β-unsaturated/α-hetero) is 1. The molecule has 0 bridgehead atoms. The number of fused-ring (bicyclic) bond motifs is 5. The first-order valence-corrected chi connectivity index (χ1v) is 9.66. The van der Waals surface area contributed by atoms with Crippen LogP contribution in [-0.4, -0.2) is 45.2 Å². The van der Waals surface area contributed by atoms with Gasteiger partial charge in [0.05, 0.1) is 6.10 Å². The van der Waals surface area contributed by atoms with Crippen molar-refractivity contribution in [2.24, 2.45) is 28.6 Å². The van der Waals surface area contributed by atoms with Gasteiger partial charge in [-0.15, -0.1) is 0 Å². The minimum absolute atomic E-state index is 0.00912. The maximum atomic E-state index is 12.4. The lowest BCUT2D eigenvalue weighted by Gasteiger charge is -2.59. The van der Waals surface area contributed by atoms with Crippen LogP contribution in [0.25, 0.3) is 0 Å². The molecule has 5 heteroatoms. The molecule has 26 heavy (non-hydrogen) atoms. The van der Waals surface area contributed by atoms with Gasteiger partial charge in [-0.25, -0.2) is 0 Å². The molecule has 4 rings (SSSR count). The highest BCUT2D eigenvalue weighted by Crippen LogP contribution is 2.67. The Morgan fingerprint density at radius 2 is 2.04 bits per heavy atom. The van der Waals surface area contributed by atoms with Gasteiger partial charge in [0.2, 0.25) is 0 Å². The van der Waals surface area contributed by atoms with Crippen molar-refractivity contribution in [2.75, 3.05) is 6.61 Å². The summed E-state index contributed by atoms with van der Waals surface area (Å²) >= 11 is 0. The first-order chi connectivity index (χ1) is 12.2. The van der Waals surface area contributed by atoms with Crippen molar-refractivity contribution in [3.8, 4) is 0 Å². The summed E-state index contributed by atoms with van der Waals surface area (Å²) in [6.45, 7) is 3.34. The maximum absolute atomic E-state index is 12.4. The van der Waals surface area contributed by atoms with E-state index in [9.17, 15) is 24.9 Å². The smallest absolute Gasteiger partial charge is 0.190 e. The van der Waals surface area contributed by atoms with Gasteiger partial charge in [0, 0.05) is 16.7 Å². The number of rotatable bonds is 2. The van der Waals surface area contributed by atoms with Gasteiger partial charge in [0.15, 0.2) is 11.6 Å². The molecule has 0 radical (unpaired) electrons. The van der Waals surface area contributed by atoms with Crippen LogP contribution < -0.4 is 0 Å². The van der Waals surface area contributed by atoms with Gasteiger partial charge in [0.1, 0.15) is 12.2 Å². The molecule has 0 amide bonds. The summed E-state index contributed by atoms with van der Waals surface area (Å²) in [4.78, 5) is 24.2. The molecule has 3 N–H and O–H groups in total. The normalized spacial score (nSPS) is 49.9. The quantitative estimate of drug-likeness (QED) is 0.695. The largest absolute Gasteiger partial charge is 0.393 e. The molecule has 5 nitrogen and oxygen atoms in total. The zero-order chi connectivity index (χ0) is 18.9. The number of carbonyl (C=O) groups is 2. The summed E-state index contributed by atoms with van der Waals surface area (Å²) in [5.74, 6) is -0.227. The third-order valence-corrected chi connectivity index (χ3v) is 8.25. The van der Waals surface area contributed by atoms with E-state index < -0.39 is 29.5 Å². The van der Waals surface area contributed by atoms with E-state index in [4.69, 9.17) is 0 Å². The highest BCUT2D eigenvalue weighted by Gasteiger charge is 2.67. The molecule has 3 fully saturated rings. The second-order valence-electron chi connectivity index (χ2n) is 9.19. The van der Waals surface area contributed by atoms with Gasteiger partial charge in [-0.05, 0) is 56.1 Å². The molecular weight excluding hydrogens is 332 g/mol. The Morgan fingerprint density at radius 3 is 2.73 bits per heavy atom. The molecule has 4 aliphatic carbocycles. The van der Waals surface area contributed by atoms with E-state index in [1.165, 1.54) is 0 Å². The Balaban J connectivity index is 1.75. The number of hydrogen-bond acceptors (Lipinski definition) is 5. The third kappa shape index (κ3) is 2.08. The van der Waals surface area contributed by atoms with Crippen LogP contribution >= 0.6 is 0 Å². The van der Waals surface area contributed by atoms with E-state index in [-0.39, 0.29) is 29.0 Å². The van der Waals surface area contributed by atoms with Gasteiger partial charge in [-0.2, -0.15) is 0 Å². The van der Waals surface area contributed by atoms with Crippen molar-refractivity contribution < 1.29 is 24.9 Å². The molecule has 0 saturated heterocycles. The van der Waals surface area contributed by atoms with Crippen molar-refractivity contribution in [1.82, 2.24) is 0 Å². The van der Waals surface area contributed by atoms with Crippen molar-refractivity contribution in [1.29, 1.82) is 0 Å². The summed E-state index contributed by atoms with van der Waals surface area (Å²) in [7, 11) is 0. The molecule has 0 aromatic carbocycles. The lowest BCUT2D eigenvalue weighted by atomic mass is 9.46. The van der Waals surface area contributed by atoms with Crippen molar-refractivity contribution in [3.05, 3.63) is 23.8 Å². The number of carbonyl (C=O) groups excluding carboxylic acids is 2. The summed E-state index contributed by atoms with van der Waals surface area (Å²) < 4.78 is 0. The Kier molecular flexibility index (Phi) is 3.89. The molecular formula is C21H28O5. The zero-order valence-electron chi connectivity index (χ0n) is 15.4. The van der Waals surface area contributed by atoms with Crippen LogP contribution in [0.15, 0.2) is 23.8 Å². The van der Waals surface area contributed by atoms with Crippen LogP contribution in [-0.2, 0) is 9.59 Å². The first-order valence-electron chi connectivity index (χ1n) is 9.66. The van der Waals surface area contributed by atoms with Crippen molar-refractivity contribution >= 4 is 11.6 Å². The van der Waals surface area contributed by atoms with E-state index >= 15 is 0 Å². The van der Waals surface area contributed by atoms with Crippen LogP contribution in [0.1, 0.15) is 46.0 Å². The summed E-state index contributed by atoms with van der Waals surface area (Å²) in [6.07, 6.45) is 7.68. The molecule has 0 aromatic rings. The third-order valence-electron chi connectivity index (χ3n) is 8.25. The number of hydrogen-bond donors (Lipinski definition) is 3. The fraction of sp³-hybridized carbons (Fsp3) is 0.714. The van der Waals surface area contributed by atoms with E-state index in [1.807, 2.05) is 13.0 Å². The monoisotopic (exact) mass is 360 g/mol. The Morgan fingerprint density at radius 1 is 1.31 bits per heavy atom. The first kappa shape index (κ1) is 18.1. The highest BCUT2D eigenvalue weighted by atomic mass is 16.3. The summed E-state index contributed by atoms with van der Waals surface area (Å²) in [5, 5.41) is 31.7. The fourth-order valence-corrected chi connectivity index (χ4v) is 6.92. The minimum Gasteiger partial charge on any atom is -0.393 e. The van der Waals surface area contributed by atoms with Crippen LogP contribution in [0.3, 0.4) is 0 Å². The number of ketones is 2. The van der Waals surface area contributed by atoms with Gasteiger partial charge in [0.25, 0.3) is 0 Å². The van der Waals surface area contributed by atoms with Gasteiger partial charge in [-0.1, -0.05) is 25.5 Å². The van der Waals surface area contributed by atoms with Crippen molar-refractivity contribution in [3.63, 3.8) is 0 Å². The lowest BCUT2D eigenvalue weighted by molar-refractivity contribution is -0.178. The minimum atomic E-state index is -1.56. The molecule has 0 spiro atoms. The summed E-state index contributed by atoms with van der Waals surface area (Å²) in [5.41, 5.74) is -1.54. The van der Waals surface area contributed by atoms with Gasteiger partial charge in [-0.3, -0.25) is 9.59 Å². The summed E-state index contributed by atoms with van der Waals surface area (Å²) in [6, 6.07) is 0. The lowest BCUT2D eigenvalue weighted by Crippen LogP contribution is -2.61. The molecule has 0 aliphatic heterocycles. The molecule has 7 atom stereocenters. The Bertz CT molecular complexity index is 724. The predicted molar refractivity (Wildman–Crippen MR) is 95.0 cm³/mol. The number of aliphatic hydroxyl groups is 3. The number of allylic oxidation sites excluding steroid dienone is 4. The van der Waals surface area contributed by atoms with Crippen LogP contribution in [0, 0.1) is 28.6 Å². The second kappa shape index (κ2) is 5.60. The topological polar surface area (TPSA) is 94.8 Å². The highest BCUT2D eigenvalue weighted by molar-refractivity contribution is 6.01. The SMILES string of the molecule is CC12C=CC(=O)C=C1CC[C@@H]1[C@@H]2[C@@H](O)CC2(C)[C@H]1CC[C@]2(O)C(=O)CO. The molecule has 3 saturated carbocycles. The van der Waals surface area contributed by atoms with Gasteiger partial charge >= 0.3 is 0 Å². The zero-order valence-corrected chi connectivity index (χ0v) is 15.4. The van der Waals surface area contributed by atoms with E-state index in [0.29, 0.717) is 12.8 Å². The molecule has 0 aromatic heterocycles. The standard InChI is InChI=1S/C21H28O5/c1-19-7-5-13(23)9-12(19)3-4-14-15-6-8-21(26,17(25)11-22)20(15,2)10-16(24)18(14)19/h5,7,9,14-16,18,22,24,26H,3-4,6,8,10-11H2,1-2H3/t14-,15-,16-,18+,19?,20?,21-/m0/s1. The van der Waals surface area contributed by atoms with E-state index in [0.717, 1.165) is 24.8 Å². The average Bonchev–Trinajstić information content (AvgIpc) is 2.86. The molecule has 2 unspecified atom stereocenters. The Hall–Kier alpha value is -1.30. The van der Waals surface area contributed by atoms with Gasteiger partial charge < -0.3 is 15.3 Å². The van der Waals surface area contributed by atoms with Crippen LogP contribution in [0.5, 0.6) is 0 Å². The molecule has 142 valence electrons. The van der Waals surface area contributed by atoms with Crippen molar-refractivity contribution in [2.45, 2.75) is 57.7 Å². The fourth-order valence-electron chi connectivity index (χ4n) is 6.92. The number of aliphatic hydroxyl groups excluding tert-OH is 2. The average molecular weight is 360 g/mol. The second-order valence-corrected chi connectivity index (χ2v) is 9.19.